The second-order valence-electron chi connectivity index (χ2n) is 8.32. The Bertz CT molecular complexity index is 1240. The fourth-order valence-electron chi connectivity index (χ4n) is 3.24. The zero-order valence-corrected chi connectivity index (χ0v) is 22.7. The Morgan fingerprint density at radius 2 is 1.50 bits per heavy atom. The molecule has 0 saturated carbocycles. The fraction of sp³-hybridized carbons (Fsp3) is 0.320. The maximum Gasteiger partial charge on any atom is 0.245 e. The van der Waals surface area contributed by atoms with Crippen molar-refractivity contribution in [2.75, 3.05) is 25.6 Å². The summed E-state index contributed by atoms with van der Waals surface area (Å²) in [4.78, 5) is 62.4. The normalized spacial score (nSPS) is 12.3. The van der Waals surface area contributed by atoms with Crippen LogP contribution in [0.15, 0.2) is 36.4 Å². The molecule has 0 aromatic heterocycles. The Kier molecular flexibility index (Phi) is 11.3. The second-order valence-corrected chi connectivity index (χ2v) is 10.3. The second kappa shape index (κ2) is 13.9. The standard InChI is InChI=1S/C25H27F2N3O6S2/c1-13(31)28-20(23(34)30(3)4)11-38-25(36)21(29-14(2)32)12-37-24(35)18-9-15(5-8-22(18)33)17-7-6-16(26)10-19(17)27/h5-10,20-21,33H,11-12H2,1-4H3,(H,28,31)(H,29,32)/t20-,21-/m1/s1. The molecule has 0 aliphatic carbocycles. The highest BCUT2D eigenvalue weighted by Gasteiger charge is 2.27. The van der Waals surface area contributed by atoms with Gasteiger partial charge < -0.3 is 20.6 Å². The summed E-state index contributed by atoms with van der Waals surface area (Å²) in [7, 11) is 3.00. The summed E-state index contributed by atoms with van der Waals surface area (Å²) in [6.07, 6.45) is 0. The van der Waals surface area contributed by atoms with Crippen LogP contribution in [0.2, 0.25) is 0 Å². The summed E-state index contributed by atoms with van der Waals surface area (Å²) >= 11 is 1.36. The number of carbonyl (C=O) groups excluding carboxylic acids is 5. The smallest absolute Gasteiger partial charge is 0.245 e. The van der Waals surface area contributed by atoms with Crippen molar-refractivity contribution < 1.29 is 37.9 Å². The number of rotatable bonds is 10. The lowest BCUT2D eigenvalue weighted by Crippen LogP contribution is -2.48. The first-order chi connectivity index (χ1) is 17.8. The van der Waals surface area contributed by atoms with Crippen LogP contribution in [0.1, 0.15) is 24.2 Å². The van der Waals surface area contributed by atoms with E-state index in [1.165, 1.54) is 57.1 Å². The highest BCUT2D eigenvalue weighted by atomic mass is 32.2. The van der Waals surface area contributed by atoms with Crippen LogP contribution in [-0.4, -0.2) is 75.6 Å². The van der Waals surface area contributed by atoms with E-state index >= 15 is 0 Å². The Morgan fingerprint density at radius 3 is 2.08 bits per heavy atom. The van der Waals surface area contributed by atoms with Crippen molar-refractivity contribution in [1.29, 1.82) is 0 Å². The zero-order chi connectivity index (χ0) is 28.6. The number of nitrogens with one attached hydrogen (secondary N) is 2. The molecule has 0 aliphatic heterocycles. The van der Waals surface area contributed by atoms with E-state index in [1.807, 2.05) is 0 Å². The number of phenols is 1. The number of benzene rings is 2. The third kappa shape index (κ3) is 8.84. The van der Waals surface area contributed by atoms with Crippen LogP contribution in [0.4, 0.5) is 8.78 Å². The molecule has 38 heavy (non-hydrogen) atoms. The lowest BCUT2D eigenvalue weighted by molar-refractivity contribution is -0.133. The summed E-state index contributed by atoms with van der Waals surface area (Å²) in [5, 5.41) is 13.9. The predicted molar refractivity (Wildman–Crippen MR) is 142 cm³/mol. The number of nitrogens with zero attached hydrogens (tertiary/aromatic N) is 1. The van der Waals surface area contributed by atoms with E-state index in [-0.39, 0.29) is 33.9 Å². The van der Waals surface area contributed by atoms with Crippen molar-refractivity contribution in [2.24, 2.45) is 0 Å². The zero-order valence-electron chi connectivity index (χ0n) is 21.0. The van der Waals surface area contributed by atoms with Crippen LogP contribution >= 0.6 is 23.5 Å². The molecule has 0 radical (unpaired) electrons. The third-order valence-electron chi connectivity index (χ3n) is 5.01. The number of amides is 3. The Labute approximate surface area is 226 Å². The van der Waals surface area contributed by atoms with Gasteiger partial charge in [0.25, 0.3) is 0 Å². The number of thioether (sulfide) groups is 2. The van der Waals surface area contributed by atoms with E-state index in [2.05, 4.69) is 10.6 Å². The first-order valence-electron chi connectivity index (χ1n) is 11.2. The molecule has 2 rings (SSSR count). The highest BCUT2D eigenvalue weighted by molar-refractivity contribution is 8.15. The molecule has 0 spiro atoms. The summed E-state index contributed by atoms with van der Waals surface area (Å²) in [5.74, 6) is -3.71. The Hall–Kier alpha value is -3.45. The molecule has 0 fully saturated rings. The largest absolute Gasteiger partial charge is 0.507 e. The Morgan fingerprint density at radius 1 is 0.895 bits per heavy atom. The lowest BCUT2D eigenvalue weighted by Gasteiger charge is -2.22. The van der Waals surface area contributed by atoms with Gasteiger partial charge in [0.2, 0.25) is 28.0 Å². The topological polar surface area (TPSA) is 133 Å². The average Bonchev–Trinajstić information content (AvgIpc) is 2.83. The van der Waals surface area contributed by atoms with Crippen molar-refractivity contribution in [2.45, 2.75) is 25.9 Å². The molecular weight excluding hydrogens is 540 g/mol. The number of carbonyl (C=O) groups is 5. The maximum absolute atomic E-state index is 14.2. The van der Waals surface area contributed by atoms with Crippen molar-refractivity contribution in [3.8, 4) is 16.9 Å². The van der Waals surface area contributed by atoms with Gasteiger partial charge in [-0.25, -0.2) is 8.78 Å². The molecule has 3 N–H and O–H groups in total. The summed E-state index contributed by atoms with van der Waals surface area (Å²) in [6, 6.07) is 4.67. The van der Waals surface area contributed by atoms with Gasteiger partial charge in [0.15, 0.2) is 0 Å². The summed E-state index contributed by atoms with van der Waals surface area (Å²) in [5.41, 5.74) is 0.0817. The van der Waals surface area contributed by atoms with E-state index in [4.69, 9.17) is 0 Å². The number of phenolic OH excluding ortho intramolecular Hbond substituents is 1. The maximum atomic E-state index is 14.2. The van der Waals surface area contributed by atoms with Gasteiger partial charge in [-0.2, -0.15) is 0 Å². The van der Waals surface area contributed by atoms with E-state index in [0.29, 0.717) is 29.6 Å². The van der Waals surface area contributed by atoms with E-state index in [9.17, 15) is 37.9 Å². The van der Waals surface area contributed by atoms with Gasteiger partial charge >= 0.3 is 0 Å². The quantitative estimate of drug-likeness (QED) is 0.399. The minimum Gasteiger partial charge on any atom is -0.507 e. The molecule has 0 unspecified atom stereocenters. The molecule has 9 nitrogen and oxygen atoms in total. The molecule has 204 valence electrons. The Balaban J connectivity index is 2.15. The predicted octanol–water partition coefficient (Wildman–Crippen LogP) is 2.57. The van der Waals surface area contributed by atoms with E-state index in [0.717, 1.165) is 6.07 Å². The lowest BCUT2D eigenvalue weighted by atomic mass is 10.0. The molecule has 0 bridgehead atoms. The number of aromatic hydroxyl groups is 1. The van der Waals surface area contributed by atoms with E-state index < -0.39 is 51.7 Å². The molecule has 2 atom stereocenters. The monoisotopic (exact) mass is 567 g/mol. The van der Waals surface area contributed by atoms with Gasteiger partial charge in [0.05, 0.1) is 5.56 Å². The number of halogens is 2. The van der Waals surface area contributed by atoms with Gasteiger partial charge in [-0.05, 0) is 29.8 Å². The first-order valence-corrected chi connectivity index (χ1v) is 13.1. The summed E-state index contributed by atoms with van der Waals surface area (Å²) in [6.45, 7) is 2.43. The fourth-order valence-corrected chi connectivity index (χ4v) is 5.12. The van der Waals surface area contributed by atoms with E-state index in [1.54, 1.807) is 0 Å². The number of hydrogen-bond donors (Lipinski definition) is 3. The summed E-state index contributed by atoms with van der Waals surface area (Å²) < 4.78 is 27.5. The molecule has 0 heterocycles. The molecule has 3 amide bonds. The van der Waals surface area contributed by atoms with Gasteiger partial charge in [-0.15, -0.1) is 0 Å². The van der Waals surface area contributed by atoms with Crippen LogP contribution in [0, 0.1) is 11.6 Å². The van der Waals surface area contributed by atoms with Crippen LogP contribution in [0.25, 0.3) is 11.1 Å². The number of likely N-dealkylation sites (N-methyl/N-ethyl adjacent to an activating group) is 1. The van der Waals surface area contributed by atoms with Gasteiger partial charge in [-0.3, -0.25) is 24.0 Å². The molecule has 0 aliphatic rings. The minimum absolute atomic E-state index is 0.0224. The van der Waals surface area contributed by atoms with Crippen LogP contribution in [-0.2, 0) is 19.2 Å². The van der Waals surface area contributed by atoms with Crippen molar-refractivity contribution >= 4 is 51.5 Å². The van der Waals surface area contributed by atoms with Crippen LogP contribution < -0.4 is 10.6 Å². The third-order valence-corrected chi connectivity index (χ3v) is 7.06. The van der Waals surface area contributed by atoms with Crippen LogP contribution in [0.5, 0.6) is 5.75 Å². The average molecular weight is 568 g/mol. The van der Waals surface area contributed by atoms with Gasteiger partial charge in [-0.1, -0.05) is 29.6 Å². The van der Waals surface area contributed by atoms with Crippen molar-refractivity contribution in [1.82, 2.24) is 15.5 Å². The van der Waals surface area contributed by atoms with Crippen molar-refractivity contribution in [3.05, 3.63) is 53.6 Å². The molecule has 0 saturated heterocycles. The highest BCUT2D eigenvalue weighted by Crippen LogP contribution is 2.31. The van der Waals surface area contributed by atoms with Gasteiger partial charge in [0.1, 0.15) is 29.5 Å². The molecular formula is C25H27F2N3O6S2. The number of hydrogen-bond acceptors (Lipinski definition) is 8. The first kappa shape index (κ1) is 30.8. The molecule has 13 heteroatoms. The minimum atomic E-state index is -1.13. The SMILES string of the molecule is CC(=O)N[C@H](CSC(=O)c1cc(-c2ccc(F)cc2F)ccc1O)C(=O)SC[C@@H](NC(C)=O)C(=O)N(C)C. The van der Waals surface area contributed by atoms with Crippen molar-refractivity contribution in [3.63, 3.8) is 0 Å². The van der Waals surface area contributed by atoms with Gasteiger partial charge in [0, 0.05) is 51.1 Å². The molecule has 2 aromatic carbocycles. The molecule has 2 aromatic rings. The van der Waals surface area contributed by atoms with Crippen LogP contribution in [0.3, 0.4) is 0 Å².